The quantitative estimate of drug-likeness (QED) is 0.720. The number of rotatable bonds is 2. The number of hydrogen-bond acceptors (Lipinski definition) is 1. The number of carbonyl (C=O) groups is 1. The van der Waals surface area contributed by atoms with Crippen molar-refractivity contribution in [1.29, 1.82) is 0 Å². The van der Waals surface area contributed by atoms with Gasteiger partial charge in [0.2, 0.25) is 5.91 Å². The molecule has 0 spiro atoms. The van der Waals surface area contributed by atoms with Crippen molar-refractivity contribution in [1.82, 2.24) is 5.32 Å². The first kappa shape index (κ1) is 10.0. The monoisotopic (exact) mass is 195 g/mol. The van der Waals surface area contributed by atoms with E-state index >= 15 is 0 Å². The Hall–Kier alpha value is -0.530. The second kappa shape index (κ2) is 2.74. The summed E-state index contributed by atoms with van der Waals surface area (Å²) < 4.78 is 0. The lowest BCUT2D eigenvalue weighted by Gasteiger charge is -2.67. The summed E-state index contributed by atoms with van der Waals surface area (Å²) in [6.07, 6.45) is 4.03. The van der Waals surface area contributed by atoms with Crippen molar-refractivity contribution in [2.45, 2.75) is 53.0 Å². The fourth-order valence-electron chi connectivity index (χ4n) is 3.39. The molecular weight excluding hydrogens is 174 g/mol. The van der Waals surface area contributed by atoms with Crippen molar-refractivity contribution in [3.63, 3.8) is 0 Å². The second-order valence-corrected chi connectivity index (χ2v) is 6.34. The van der Waals surface area contributed by atoms with E-state index in [1.807, 2.05) is 0 Å². The van der Waals surface area contributed by atoms with Crippen LogP contribution in [0, 0.1) is 16.7 Å². The Morgan fingerprint density at radius 3 is 2.07 bits per heavy atom. The van der Waals surface area contributed by atoms with Gasteiger partial charge >= 0.3 is 0 Å². The van der Waals surface area contributed by atoms with Crippen molar-refractivity contribution in [3.05, 3.63) is 0 Å². The van der Waals surface area contributed by atoms with E-state index in [-0.39, 0.29) is 11.3 Å². The second-order valence-electron chi connectivity index (χ2n) is 6.34. The minimum atomic E-state index is 0.120. The van der Waals surface area contributed by atoms with Crippen molar-refractivity contribution >= 4 is 5.91 Å². The van der Waals surface area contributed by atoms with Crippen LogP contribution in [-0.2, 0) is 4.79 Å². The van der Waals surface area contributed by atoms with Crippen molar-refractivity contribution in [2.24, 2.45) is 16.7 Å². The molecule has 1 atom stereocenters. The van der Waals surface area contributed by atoms with Gasteiger partial charge in [-0.05, 0) is 36.0 Å². The van der Waals surface area contributed by atoms with E-state index in [2.05, 4.69) is 26.1 Å². The minimum absolute atomic E-state index is 0.120. The Balaban J connectivity index is 2.10. The van der Waals surface area contributed by atoms with E-state index in [0.29, 0.717) is 11.5 Å². The van der Waals surface area contributed by atoms with Crippen LogP contribution in [0.4, 0.5) is 0 Å². The highest BCUT2D eigenvalue weighted by atomic mass is 16.1. The standard InChI is InChI=1S/C12H21NO/c1-8(14)13-10(11(2,3)4)12-5-9(6-12)7-12/h9-10H,5-7H2,1-4H3,(H,13,14). The van der Waals surface area contributed by atoms with Crippen molar-refractivity contribution < 1.29 is 4.79 Å². The maximum Gasteiger partial charge on any atom is 0.217 e. The highest BCUT2D eigenvalue weighted by Crippen LogP contribution is 2.68. The molecule has 1 N–H and O–H groups in total. The minimum Gasteiger partial charge on any atom is -0.353 e. The maximum atomic E-state index is 11.2. The van der Waals surface area contributed by atoms with Gasteiger partial charge in [0.05, 0.1) is 0 Å². The van der Waals surface area contributed by atoms with Crippen LogP contribution in [0.1, 0.15) is 47.0 Å². The number of nitrogens with one attached hydrogen (secondary N) is 1. The van der Waals surface area contributed by atoms with Crippen molar-refractivity contribution in [3.8, 4) is 0 Å². The van der Waals surface area contributed by atoms with Gasteiger partial charge in [-0.1, -0.05) is 20.8 Å². The van der Waals surface area contributed by atoms with Gasteiger partial charge in [-0.25, -0.2) is 0 Å². The zero-order chi connectivity index (χ0) is 10.6. The number of carbonyl (C=O) groups excluding carboxylic acids is 1. The molecule has 0 aliphatic heterocycles. The molecule has 2 heteroatoms. The molecule has 3 aliphatic rings. The summed E-state index contributed by atoms with van der Waals surface area (Å²) in [7, 11) is 0. The average Bonchev–Trinajstić information content (AvgIpc) is 1.75. The van der Waals surface area contributed by atoms with Gasteiger partial charge in [-0.15, -0.1) is 0 Å². The summed E-state index contributed by atoms with van der Waals surface area (Å²) in [5, 5.41) is 3.16. The molecular formula is C12H21NO. The molecule has 2 nitrogen and oxygen atoms in total. The van der Waals surface area contributed by atoms with Gasteiger partial charge in [-0.3, -0.25) is 4.79 Å². The van der Waals surface area contributed by atoms with Crippen LogP contribution in [0.25, 0.3) is 0 Å². The fraction of sp³-hybridized carbons (Fsp3) is 0.917. The van der Waals surface area contributed by atoms with Crippen LogP contribution >= 0.6 is 0 Å². The van der Waals surface area contributed by atoms with Gasteiger partial charge in [0.1, 0.15) is 0 Å². The van der Waals surface area contributed by atoms with E-state index in [9.17, 15) is 4.79 Å². The molecule has 14 heavy (non-hydrogen) atoms. The van der Waals surface area contributed by atoms with E-state index in [1.165, 1.54) is 19.3 Å². The summed E-state index contributed by atoms with van der Waals surface area (Å²) >= 11 is 0. The third kappa shape index (κ3) is 1.35. The largest absolute Gasteiger partial charge is 0.353 e. The van der Waals surface area contributed by atoms with Crippen LogP contribution < -0.4 is 5.32 Å². The van der Waals surface area contributed by atoms with E-state index in [4.69, 9.17) is 0 Å². The molecule has 3 rings (SSSR count). The Kier molecular flexibility index (Phi) is 1.96. The molecule has 0 aromatic carbocycles. The third-order valence-electron chi connectivity index (χ3n) is 3.91. The molecule has 0 aromatic rings. The molecule has 2 bridgehead atoms. The summed E-state index contributed by atoms with van der Waals surface area (Å²) in [5.41, 5.74) is 0.658. The summed E-state index contributed by atoms with van der Waals surface area (Å²) in [5.74, 6) is 1.10. The SMILES string of the molecule is CC(=O)NC(C(C)(C)C)C12CC(C1)C2. The molecule has 3 saturated carbocycles. The normalized spacial score (nSPS) is 36.7. The highest BCUT2D eigenvalue weighted by molar-refractivity contribution is 5.73. The zero-order valence-electron chi connectivity index (χ0n) is 9.68. The first-order valence-electron chi connectivity index (χ1n) is 5.61. The number of hydrogen-bond donors (Lipinski definition) is 1. The Morgan fingerprint density at radius 1 is 1.36 bits per heavy atom. The lowest BCUT2D eigenvalue weighted by molar-refractivity contribution is -0.161. The number of amides is 1. The highest BCUT2D eigenvalue weighted by Gasteiger charge is 2.62. The molecule has 0 saturated heterocycles. The van der Waals surface area contributed by atoms with Gasteiger partial charge in [0, 0.05) is 13.0 Å². The predicted molar refractivity (Wildman–Crippen MR) is 56.8 cm³/mol. The predicted octanol–water partition coefficient (Wildman–Crippen LogP) is 2.34. The molecule has 3 aliphatic carbocycles. The summed E-state index contributed by atoms with van der Waals surface area (Å²) in [6, 6.07) is 0.373. The smallest absolute Gasteiger partial charge is 0.217 e. The molecule has 80 valence electrons. The Bertz CT molecular complexity index is 247. The molecule has 0 heterocycles. The lowest BCUT2D eigenvalue weighted by Crippen LogP contribution is -2.66. The fourth-order valence-corrected chi connectivity index (χ4v) is 3.39. The van der Waals surface area contributed by atoms with Crippen LogP contribution in [0.2, 0.25) is 0 Å². The molecule has 3 fully saturated rings. The Labute approximate surface area is 86.5 Å². The maximum absolute atomic E-state index is 11.2. The van der Waals surface area contributed by atoms with E-state index in [0.717, 1.165) is 5.92 Å². The lowest BCUT2D eigenvalue weighted by atomic mass is 9.39. The third-order valence-corrected chi connectivity index (χ3v) is 3.91. The van der Waals surface area contributed by atoms with E-state index in [1.54, 1.807) is 6.92 Å². The van der Waals surface area contributed by atoms with Crippen molar-refractivity contribution in [2.75, 3.05) is 0 Å². The van der Waals surface area contributed by atoms with Gasteiger partial charge in [0.25, 0.3) is 0 Å². The average molecular weight is 195 g/mol. The summed E-state index contributed by atoms with van der Waals surface area (Å²) in [4.78, 5) is 11.2. The zero-order valence-corrected chi connectivity index (χ0v) is 9.68. The molecule has 1 unspecified atom stereocenters. The van der Waals surface area contributed by atoms with Crippen LogP contribution in [0.5, 0.6) is 0 Å². The van der Waals surface area contributed by atoms with Gasteiger partial charge < -0.3 is 5.32 Å². The van der Waals surface area contributed by atoms with Crippen LogP contribution in [0.3, 0.4) is 0 Å². The van der Waals surface area contributed by atoms with Gasteiger partial charge in [0.15, 0.2) is 0 Å². The molecule has 0 radical (unpaired) electrons. The molecule has 0 aromatic heterocycles. The Morgan fingerprint density at radius 2 is 1.86 bits per heavy atom. The summed E-state index contributed by atoms with van der Waals surface area (Å²) in [6.45, 7) is 8.32. The van der Waals surface area contributed by atoms with Gasteiger partial charge in [-0.2, -0.15) is 0 Å². The van der Waals surface area contributed by atoms with Crippen LogP contribution in [0.15, 0.2) is 0 Å². The molecule has 1 amide bonds. The first-order chi connectivity index (χ1) is 6.33. The first-order valence-corrected chi connectivity index (χ1v) is 5.61. The van der Waals surface area contributed by atoms with E-state index < -0.39 is 0 Å². The topological polar surface area (TPSA) is 29.1 Å². The van der Waals surface area contributed by atoms with Crippen LogP contribution in [-0.4, -0.2) is 11.9 Å².